The van der Waals surface area contributed by atoms with Crippen molar-refractivity contribution in [2.75, 3.05) is 5.75 Å². The van der Waals surface area contributed by atoms with Gasteiger partial charge in [-0.1, -0.05) is 47.6 Å². The average molecular weight is 398 g/mol. The summed E-state index contributed by atoms with van der Waals surface area (Å²) in [5.41, 5.74) is 2.95. The van der Waals surface area contributed by atoms with Crippen LogP contribution >= 0.6 is 0 Å². The first-order chi connectivity index (χ1) is 13.3. The summed E-state index contributed by atoms with van der Waals surface area (Å²) >= 11 is 0. The van der Waals surface area contributed by atoms with Gasteiger partial charge in [0.25, 0.3) is 0 Å². The normalized spacial score (nSPS) is 11.4. The molecule has 6 nitrogen and oxygen atoms in total. The van der Waals surface area contributed by atoms with Crippen LogP contribution in [-0.4, -0.2) is 25.2 Å². The topological polar surface area (TPSA) is 89.3 Å². The lowest BCUT2D eigenvalue weighted by atomic mass is 10.1. The molecule has 0 unspecified atom stereocenters. The first-order valence-electron chi connectivity index (χ1n) is 8.93. The van der Waals surface area contributed by atoms with Crippen LogP contribution in [0.1, 0.15) is 23.2 Å². The van der Waals surface area contributed by atoms with E-state index < -0.39 is 9.84 Å². The Morgan fingerprint density at radius 3 is 2.50 bits per heavy atom. The third kappa shape index (κ3) is 4.86. The Hall–Kier alpha value is -2.93. The van der Waals surface area contributed by atoms with Crippen LogP contribution in [0.5, 0.6) is 0 Å². The molecule has 0 aliphatic heterocycles. The molecule has 1 amide bonds. The van der Waals surface area contributed by atoms with Gasteiger partial charge in [-0.3, -0.25) is 4.79 Å². The molecule has 0 saturated heterocycles. The van der Waals surface area contributed by atoms with Crippen LogP contribution in [0.15, 0.2) is 64.0 Å². The van der Waals surface area contributed by atoms with Crippen molar-refractivity contribution in [2.24, 2.45) is 0 Å². The zero-order valence-corrected chi connectivity index (χ0v) is 16.6. The first-order valence-corrected chi connectivity index (χ1v) is 10.6. The molecule has 0 saturated carbocycles. The predicted octanol–water partition coefficient (Wildman–Crippen LogP) is 3.44. The van der Waals surface area contributed by atoms with Crippen LogP contribution in [0.4, 0.5) is 0 Å². The summed E-state index contributed by atoms with van der Waals surface area (Å²) in [5, 5.41) is 6.59. The minimum atomic E-state index is -3.62. The van der Waals surface area contributed by atoms with Gasteiger partial charge >= 0.3 is 0 Å². The molecule has 1 aromatic heterocycles. The Bertz CT molecular complexity index is 1070. The second-order valence-corrected chi connectivity index (χ2v) is 8.72. The molecule has 0 aliphatic rings. The van der Waals surface area contributed by atoms with E-state index in [1.807, 2.05) is 30.3 Å². The van der Waals surface area contributed by atoms with Gasteiger partial charge in [-0.25, -0.2) is 8.42 Å². The monoisotopic (exact) mass is 398 g/mol. The van der Waals surface area contributed by atoms with Crippen LogP contribution < -0.4 is 5.32 Å². The SMILES string of the molecule is Cc1cc(-c2ccc(C)c(S(=O)(=O)CCC(=O)NCc3ccccc3)c2)on1. The van der Waals surface area contributed by atoms with Gasteiger partial charge in [0.1, 0.15) is 0 Å². The van der Waals surface area contributed by atoms with Crippen molar-refractivity contribution in [3.8, 4) is 11.3 Å². The molecule has 7 heteroatoms. The van der Waals surface area contributed by atoms with Gasteiger partial charge < -0.3 is 9.84 Å². The molecule has 1 heterocycles. The number of aromatic nitrogens is 1. The summed E-state index contributed by atoms with van der Waals surface area (Å²) in [6, 6.07) is 16.3. The van der Waals surface area contributed by atoms with Crippen LogP contribution in [0, 0.1) is 13.8 Å². The number of sulfone groups is 1. The fraction of sp³-hybridized carbons (Fsp3) is 0.238. The first kappa shape index (κ1) is 19.8. The van der Waals surface area contributed by atoms with Crippen LogP contribution in [0.25, 0.3) is 11.3 Å². The van der Waals surface area contributed by atoms with Crippen LogP contribution in [0.3, 0.4) is 0 Å². The molecule has 0 spiro atoms. The van der Waals surface area contributed by atoms with Crippen molar-refractivity contribution in [1.82, 2.24) is 10.5 Å². The number of benzene rings is 2. The van der Waals surface area contributed by atoms with Gasteiger partial charge in [0.15, 0.2) is 15.6 Å². The number of nitrogens with one attached hydrogen (secondary N) is 1. The minimum absolute atomic E-state index is 0.0970. The van der Waals surface area contributed by atoms with Gasteiger partial charge in [-0.2, -0.15) is 0 Å². The third-order valence-electron chi connectivity index (χ3n) is 4.37. The number of aryl methyl sites for hydroxylation is 2. The van der Waals surface area contributed by atoms with E-state index in [0.29, 0.717) is 23.4 Å². The van der Waals surface area contributed by atoms with Gasteiger partial charge in [0, 0.05) is 24.6 Å². The molecular formula is C21H22N2O4S. The second kappa shape index (κ2) is 8.39. The smallest absolute Gasteiger partial charge is 0.221 e. The van der Waals surface area contributed by atoms with Crippen molar-refractivity contribution in [2.45, 2.75) is 31.7 Å². The van der Waals surface area contributed by atoms with Gasteiger partial charge in [0.2, 0.25) is 5.91 Å². The molecule has 0 aliphatic carbocycles. The van der Waals surface area contributed by atoms with Crippen molar-refractivity contribution < 1.29 is 17.7 Å². The number of hydrogen-bond donors (Lipinski definition) is 1. The molecule has 1 N–H and O–H groups in total. The summed E-state index contributed by atoms with van der Waals surface area (Å²) in [4.78, 5) is 12.3. The highest BCUT2D eigenvalue weighted by Gasteiger charge is 2.20. The van der Waals surface area contributed by atoms with E-state index in [0.717, 1.165) is 11.3 Å². The second-order valence-electron chi connectivity index (χ2n) is 6.64. The Labute approximate surface area is 164 Å². The fourth-order valence-corrected chi connectivity index (χ4v) is 4.35. The molecule has 3 rings (SSSR count). The van der Waals surface area contributed by atoms with E-state index in [9.17, 15) is 13.2 Å². The molecule has 3 aromatic rings. The fourth-order valence-electron chi connectivity index (χ4n) is 2.81. The highest BCUT2D eigenvalue weighted by Crippen LogP contribution is 2.26. The average Bonchev–Trinajstić information content (AvgIpc) is 3.12. The van der Waals surface area contributed by atoms with Gasteiger partial charge in [0.05, 0.1) is 16.3 Å². The third-order valence-corrected chi connectivity index (χ3v) is 6.22. The molecule has 2 aromatic carbocycles. The van der Waals surface area contributed by atoms with E-state index in [2.05, 4.69) is 10.5 Å². The lowest BCUT2D eigenvalue weighted by Crippen LogP contribution is -2.25. The number of carbonyl (C=O) groups excluding carboxylic acids is 1. The lowest BCUT2D eigenvalue weighted by molar-refractivity contribution is -0.120. The van der Waals surface area contributed by atoms with E-state index in [1.54, 1.807) is 38.1 Å². The summed E-state index contributed by atoms with van der Waals surface area (Å²) in [6.07, 6.45) is -0.0970. The Morgan fingerprint density at radius 1 is 1.07 bits per heavy atom. The van der Waals surface area contributed by atoms with Crippen LogP contribution in [-0.2, 0) is 21.2 Å². The van der Waals surface area contributed by atoms with E-state index in [1.165, 1.54) is 0 Å². The summed E-state index contributed by atoms with van der Waals surface area (Å²) < 4.78 is 30.8. The number of carbonyl (C=O) groups is 1. The van der Waals surface area contributed by atoms with Crippen LogP contribution in [0.2, 0.25) is 0 Å². The maximum atomic E-state index is 12.8. The highest BCUT2D eigenvalue weighted by molar-refractivity contribution is 7.91. The number of hydrogen-bond acceptors (Lipinski definition) is 5. The molecule has 0 atom stereocenters. The highest BCUT2D eigenvalue weighted by atomic mass is 32.2. The van der Waals surface area contributed by atoms with E-state index in [-0.39, 0.29) is 23.0 Å². The Morgan fingerprint density at radius 2 is 1.82 bits per heavy atom. The summed E-state index contributed by atoms with van der Waals surface area (Å²) in [5.74, 6) is -0.0467. The molecule has 0 fully saturated rings. The lowest BCUT2D eigenvalue weighted by Gasteiger charge is -2.10. The van der Waals surface area contributed by atoms with Crippen molar-refractivity contribution >= 4 is 15.7 Å². The van der Waals surface area contributed by atoms with E-state index in [4.69, 9.17) is 4.52 Å². The number of amides is 1. The number of rotatable bonds is 7. The Kier molecular flexibility index (Phi) is 5.94. The largest absolute Gasteiger partial charge is 0.356 e. The quantitative estimate of drug-likeness (QED) is 0.658. The molecular weight excluding hydrogens is 376 g/mol. The van der Waals surface area contributed by atoms with E-state index >= 15 is 0 Å². The van der Waals surface area contributed by atoms with Crippen molar-refractivity contribution in [3.05, 3.63) is 71.4 Å². The predicted molar refractivity (Wildman–Crippen MR) is 106 cm³/mol. The van der Waals surface area contributed by atoms with Crippen molar-refractivity contribution in [1.29, 1.82) is 0 Å². The van der Waals surface area contributed by atoms with Gasteiger partial charge in [-0.05, 0) is 31.0 Å². The minimum Gasteiger partial charge on any atom is -0.356 e. The summed E-state index contributed by atoms with van der Waals surface area (Å²) in [7, 11) is -3.62. The maximum absolute atomic E-state index is 12.8. The summed E-state index contributed by atoms with van der Waals surface area (Å²) in [6.45, 7) is 3.91. The maximum Gasteiger partial charge on any atom is 0.221 e. The molecule has 146 valence electrons. The standard InChI is InChI=1S/C21H22N2O4S/c1-15-8-9-18(19-12-16(2)23-27-19)13-20(15)28(25,26)11-10-21(24)22-14-17-6-4-3-5-7-17/h3-9,12-13H,10-11,14H2,1-2H3,(H,22,24). The zero-order chi connectivity index (χ0) is 20.1. The van der Waals surface area contributed by atoms with Crippen molar-refractivity contribution in [3.63, 3.8) is 0 Å². The molecule has 28 heavy (non-hydrogen) atoms. The van der Waals surface area contributed by atoms with Gasteiger partial charge in [-0.15, -0.1) is 0 Å². The Balaban J connectivity index is 1.67. The number of nitrogens with zero attached hydrogens (tertiary/aromatic N) is 1. The molecule has 0 bridgehead atoms. The molecule has 0 radical (unpaired) electrons. The zero-order valence-electron chi connectivity index (χ0n) is 15.8.